The van der Waals surface area contributed by atoms with Crippen LogP contribution in [0, 0.1) is 0 Å². The van der Waals surface area contributed by atoms with Crippen molar-refractivity contribution < 1.29 is 0 Å². The van der Waals surface area contributed by atoms with E-state index in [9.17, 15) is 0 Å². The molecular formula is C14H11N3S. The van der Waals surface area contributed by atoms with E-state index in [4.69, 9.17) is 0 Å². The molecule has 0 radical (unpaired) electrons. The molecule has 0 atom stereocenters. The topological polar surface area (TPSA) is 30.7 Å². The quantitative estimate of drug-likeness (QED) is 0.710. The van der Waals surface area contributed by atoms with E-state index in [1.165, 1.54) is 4.09 Å². The van der Waals surface area contributed by atoms with Crippen molar-refractivity contribution >= 4 is 12.8 Å². The number of hydrogen-bond donors (Lipinski definition) is 1. The minimum atomic E-state index is 0.844. The van der Waals surface area contributed by atoms with Crippen molar-refractivity contribution in [1.82, 2.24) is 14.4 Å². The van der Waals surface area contributed by atoms with Gasteiger partial charge < -0.3 is 0 Å². The SMILES string of the molecule is Sn1nnc(-c2ccccc2)c1-c1ccccc1. The van der Waals surface area contributed by atoms with E-state index in [1.807, 2.05) is 60.7 Å². The van der Waals surface area contributed by atoms with Gasteiger partial charge in [-0.15, -0.1) is 5.10 Å². The molecule has 0 amide bonds. The van der Waals surface area contributed by atoms with Crippen molar-refractivity contribution in [2.24, 2.45) is 0 Å². The summed E-state index contributed by atoms with van der Waals surface area (Å²) in [6.07, 6.45) is 0. The molecule has 1 heterocycles. The van der Waals surface area contributed by atoms with Gasteiger partial charge in [-0.2, -0.15) is 4.09 Å². The lowest BCUT2D eigenvalue weighted by atomic mass is 10.1. The van der Waals surface area contributed by atoms with E-state index in [1.54, 1.807) is 0 Å². The second-order valence-corrected chi connectivity index (χ2v) is 4.29. The normalized spacial score (nSPS) is 10.5. The molecule has 0 spiro atoms. The van der Waals surface area contributed by atoms with Gasteiger partial charge in [0.25, 0.3) is 0 Å². The van der Waals surface area contributed by atoms with Gasteiger partial charge in [0.1, 0.15) is 11.4 Å². The molecule has 0 aliphatic heterocycles. The van der Waals surface area contributed by atoms with Crippen molar-refractivity contribution in [2.75, 3.05) is 0 Å². The third-order valence-electron chi connectivity index (χ3n) is 2.75. The first kappa shape index (κ1) is 11.0. The standard InChI is InChI=1S/C14H11N3S/c18-17-14(12-9-5-2-6-10-12)13(15-16-17)11-7-3-1-4-8-11/h1-10,18H. The van der Waals surface area contributed by atoms with E-state index in [0.717, 1.165) is 22.5 Å². The number of hydrogen-bond acceptors (Lipinski definition) is 3. The van der Waals surface area contributed by atoms with Gasteiger partial charge in [-0.25, -0.2) is 0 Å². The average Bonchev–Trinajstić information content (AvgIpc) is 2.83. The van der Waals surface area contributed by atoms with Crippen LogP contribution < -0.4 is 0 Å². The highest BCUT2D eigenvalue weighted by Crippen LogP contribution is 2.30. The Balaban J connectivity index is 2.19. The number of nitrogens with zero attached hydrogens (tertiary/aromatic N) is 3. The lowest BCUT2D eigenvalue weighted by molar-refractivity contribution is 0.901. The molecule has 3 aromatic rings. The maximum absolute atomic E-state index is 4.32. The molecule has 0 unspecified atom stereocenters. The Hall–Kier alpha value is -2.07. The molecule has 18 heavy (non-hydrogen) atoms. The van der Waals surface area contributed by atoms with Gasteiger partial charge in [0.2, 0.25) is 0 Å². The first-order valence-corrected chi connectivity index (χ1v) is 6.02. The van der Waals surface area contributed by atoms with Crippen molar-refractivity contribution in [3.8, 4) is 22.5 Å². The molecular weight excluding hydrogens is 242 g/mol. The van der Waals surface area contributed by atoms with E-state index in [0.29, 0.717) is 0 Å². The van der Waals surface area contributed by atoms with Gasteiger partial charge in [0.05, 0.1) is 0 Å². The summed E-state index contributed by atoms with van der Waals surface area (Å²) < 4.78 is 1.51. The maximum Gasteiger partial charge on any atom is 0.122 e. The highest BCUT2D eigenvalue weighted by atomic mass is 32.1. The molecule has 0 N–H and O–H groups in total. The van der Waals surface area contributed by atoms with Crippen LogP contribution in [0.4, 0.5) is 0 Å². The van der Waals surface area contributed by atoms with Crippen LogP contribution in [0.1, 0.15) is 0 Å². The van der Waals surface area contributed by atoms with Gasteiger partial charge in [-0.05, 0) is 12.8 Å². The number of rotatable bonds is 2. The van der Waals surface area contributed by atoms with Crippen LogP contribution in [-0.4, -0.2) is 14.4 Å². The molecule has 0 saturated carbocycles. The lowest BCUT2D eigenvalue weighted by Gasteiger charge is -2.03. The Bertz CT molecular complexity index is 647. The predicted molar refractivity (Wildman–Crippen MR) is 75.3 cm³/mol. The Morgan fingerprint density at radius 1 is 0.778 bits per heavy atom. The van der Waals surface area contributed by atoms with Gasteiger partial charge in [-0.1, -0.05) is 65.9 Å². The first-order chi connectivity index (χ1) is 8.86. The Morgan fingerprint density at radius 3 is 1.94 bits per heavy atom. The molecule has 2 aromatic carbocycles. The molecule has 1 aromatic heterocycles. The summed E-state index contributed by atoms with van der Waals surface area (Å²) in [6, 6.07) is 20.0. The fourth-order valence-corrected chi connectivity index (χ4v) is 2.16. The summed E-state index contributed by atoms with van der Waals surface area (Å²) in [7, 11) is 0. The molecule has 0 bridgehead atoms. The van der Waals surface area contributed by atoms with E-state index in [-0.39, 0.29) is 0 Å². The predicted octanol–water partition coefficient (Wildman–Crippen LogP) is 3.31. The summed E-state index contributed by atoms with van der Waals surface area (Å²) >= 11 is 4.32. The van der Waals surface area contributed by atoms with Crippen molar-refractivity contribution in [3.05, 3.63) is 60.7 Å². The fourth-order valence-electron chi connectivity index (χ4n) is 1.91. The van der Waals surface area contributed by atoms with E-state index >= 15 is 0 Å². The molecule has 0 aliphatic rings. The van der Waals surface area contributed by atoms with Crippen LogP contribution in [0.25, 0.3) is 22.5 Å². The van der Waals surface area contributed by atoms with Crippen molar-refractivity contribution in [3.63, 3.8) is 0 Å². The van der Waals surface area contributed by atoms with Gasteiger partial charge in [-0.3, -0.25) is 0 Å². The van der Waals surface area contributed by atoms with Crippen LogP contribution in [-0.2, 0) is 0 Å². The molecule has 3 nitrogen and oxygen atoms in total. The van der Waals surface area contributed by atoms with E-state index in [2.05, 4.69) is 23.1 Å². The average molecular weight is 253 g/mol. The van der Waals surface area contributed by atoms with E-state index < -0.39 is 0 Å². The number of benzene rings is 2. The molecule has 88 valence electrons. The third-order valence-corrected chi connectivity index (χ3v) is 3.03. The molecule has 0 fully saturated rings. The second-order valence-electron chi connectivity index (χ2n) is 3.91. The van der Waals surface area contributed by atoms with Crippen molar-refractivity contribution in [1.29, 1.82) is 0 Å². The fraction of sp³-hybridized carbons (Fsp3) is 0. The minimum absolute atomic E-state index is 0.844. The number of aromatic nitrogens is 3. The third kappa shape index (κ3) is 1.91. The van der Waals surface area contributed by atoms with Crippen LogP contribution in [0.15, 0.2) is 60.7 Å². The summed E-state index contributed by atoms with van der Waals surface area (Å²) in [6.45, 7) is 0. The van der Waals surface area contributed by atoms with Gasteiger partial charge in [0, 0.05) is 11.1 Å². The summed E-state index contributed by atoms with van der Waals surface area (Å²) in [5.74, 6) is 0. The summed E-state index contributed by atoms with van der Waals surface area (Å²) in [5.41, 5.74) is 3.84. The monoisotopic (exact) mass is 253 g/mol. The molecule has 3 rings (SSSR count). The Morgan fingerprint density at radius 2 is 1.33 bits per heavy atom. The van der Waals surface area contributed by atoms with Gasteiger partial charge >= 0.3 is 0 Å². The molecule has 4 heteroatoms. The second kappa shape index (κ2) is 4.66. The molecule has 0 saturated heterocycles. The van der Waals surface area contributed by atoms with Crippen LogP contribution in [0.5, 0.6) is 0 Å². The zero-order valence-electron chi connectivity index (χ0n) is 9.56. The number of thiol groups is 1. The van der Waals surface area contributed by atoms with Crippen LogP contribution in [0.3, 0.4) is 0 Å². The molecule has 0 aliphatic carbocycles. The maximum atomic E-state index is 4.32. The highest BCUT2D eigenvalue weighted by Gasteiger charge is 2.14. The summed E-state index contributed by atoms with van der Waals surface area (Å²) in [4.78, 5) is 0. The largest absolute Gasteiger partial charge is 0.188 e. The summed E-state index contributed by atoms with van der Waals surface area (Å²) in [5, 5.41) is 8.20. The Kier molecular flexibility index (Phi) is 2.86. The minimum Gasteiger partial charge on any atom is -0.188 e. The van der Waals surface area contributed by atoms with Gasteiger partial charge in [0.15, 0.2) is 0 Å². The lowest BCUT2D eigenvalue weighted by Crippen LogP contribution is -1.88. The van der Waals surface area contributed by atoms with Crippen molar-refractivity contribution in [2.45, 2.75) is 0 Å². The zero-order chi connectivity index (χ0) is 12.4. The first-order valence-electron chi connectivity index (χ1n) is 5.62. The smallest absolute Gasteiger partial charge is 0.122 e. The van der Waals surface area contributed by atoms with Crippen LogP contribution >= 0.6 is 12.8 Å². The zero-order valence-corrected chi connectivity index (χ0v) is 10.5. The Labute approximate surface area is 111 Å². The highest BCUT2D eigenvalue weighted by molar-refractivity contribution is 7.78. The van der Waals surface area contributed by atoms with Crippen LogP contribution in [0.2, 0.25) is 0 Å².